The number of carbonyl (C=O) groups excluding carboxylic acids is 1. The minimum absolute atomic E-state index is 0.203. The number of nitrogens with one attached hydrogen (secondary N) is 2. The average Bonchev–Trinajstić information content (AvgIpc) is 2.97. The Hall–Kier alpha value is -2.72. The third-order valence-corrected chi connectivity index (χ3v) is 6.38. The monoisotopic (exact) mass is 462 g/mol. The molecule has 10 heteroatoms. The molecule has 8 nitrogen and oxygen atoms in total. The lowest BCUT2D eigenvalue weighted by molar-refractivity contribution is 0.103. The van der Waals surface area contributed by atoms with Crippen molar-refractivity contribution in [2.45, 2.75) is 40.0 Å². The van der Waals surface area contributed by atoms with Gasteiger partial charge in [-0.3, -0.25) is 9.52 Å². The predicted octanol–water partition coefficient (Wildman–Crippen LogP) is 4.24. The van der Waals surface area contributed by atoms with Crippen LogP contribution in [0.25, 0.3) is 10.2 Å². The molecule has 31 heavy (non-hydrogen) atoms. The number of anilines is 2. The Labute approximate surface area is 186 Å². The van der Waals surface area contributed by atoms with Gasteiger partial charge in [-0.15, -0.1) is 11.3 Å². The molecule has 0 aliphatic rings. The molecular formula is C21H26N4O4S2. The molecule has 3 rings (SSSR count). The van der Waals surface area contributed by atoms with Crippen LogP contribution in [0, 0.1) is 13.8 Å². The van der Waals surface area contributed by atoms with Crippen LogP contribution in [0.1, 0.15) is 47.5 Å². The number of fused-ring (bicyclic) bond motifs is 1. The van der Waals surface area contributed by atoms with Crippen LogP contribution in [-0.2, 0) is 15.4 Å². The van der Waals surface area contributed by atoms with Crippen LogP contribution >= 0.6 is 11.3 Å². The number of nitrogens with zero attached hydrogens (tertiary/aromatic N) is 2. The zero-order valence-corrected chi connectivity index (χ0v) is 20.2. The number of amides is 1. The van der Waals surface area contributed by atoms with Gasteiger partial charge in [0.15, 0.2) is 0 Å². The molecule has 0 atom stereocenters. The van der Waals surface area contributed by atoms with E-state index in [9.17, 15) is 13.2 Å². The number of methoxy groups -OCH3 is 1. The molecule has 2 aromatic heterocycles. The van der Waals surface area contributed by atoms with Crippen molar-refractivity contribution in [1.82, 2.24) is 9.97 Å². The second kappa shape index (κ2) is 8.08. The van der Waals surface area contributed by atoms with Crippen molar-refractivity contribution in [2.24, 2.45) is 0 Å². The number of thiophene rings is 1. The van der Waals surface area contributed by atoms with Crippen molar-refractivity contribution >= 4 is 48.9 Å². The molecule has 1 amide bonds. The third-order valence-electron chi connectivity index (χ3n) is 4.60. The van der Waals surface area contributed by atoms with Crippen molar-refractivity contribution in [1.29, 1.82) is 0 Å². The average molecular weight is 463 g/mol. The highest BCUT2D eigenvalue weighted by Gasteiger charge is 2.23. The molecule has 0 aliphatic heterocycles. The van der Waals surface area contributed by atoms with E-state index < -0.39 is 10.0 Å². The largest absolute Gasteiger partial charge is 0.495 e. The van der Waals surface area contributed by atoms with Gasteiger partial charge in [0, 0.05) is 16.5 Å². The normalized spacial score (nSPS) is 12.1. The van der Waals surface area contributed by atoms with Gasteiger partial charge in [-0.05, 0) is 37.6 Å². The van der Waals surface area contributed by atoms with E-state index in [1.807, 2.05) is 34.6 Å². The summed E-state index contributed by atoms with van der Waals surface area (Å²) in [6.07, 6.45) is 1.05. The summed E-state index contributed by atoms with van der Waals surface area (Å²) in [6.45, 7) is 9.95. The fraction of sp³-hybridized carbons (Fsp3) is 0.381. The number of aromatic nitrogens is 2. The van der Waals surface area contributed by atoms with Gasteiger partial charge in [-0.1, -0.05) is 20.8 Å². The van der Waals surface area contributed by atoms with E-state index in [0.29, 0.717) is 16.3 Å². The summed E-state index contributed by atoms with van der Waals surface area (Å²) in [4.78, 5) is 23.7. The van der Waals surface area contributed by atoms with E-state index >= 15 is 0 Å². The molecule has 0 saturated heterocycles. The van der Waals surface area contributed by atoms with Gasteiger partial charge in [0.2, 0.25) is 10.0 Å². The number of sulfonamides is 1. The number of hydrogen-bond acceptors (Lipinski definition) is 7. The van der Waals surface area contributed by atoms with E-state index in [1.54, 1.807) is 12.1 Å². The van der Waals surface area contributed by atoms with Gasteiger partial charge < -0.3 is 10.1 Å². The number of rotatable bonds is 5. The SMILES string of the molecule is COc1ccc(NC(=O)c2sc3nc(C(C)(C)C)nc(C)c3c2C)cc1NS(C)(=O)=O. The van der Waals surface area contributed by atoms with E-state index in [2.05, 4.69) is 20.0 Å². The quantitative estimate of drug-likeness (QED) is 0.587. The second-order valence-corrected chi connectivity index (χ2v) is 11.1. The summed E-state index contributed by atoms with van der Waals surface area (Å²) in [5, 5.41) is 3.72. The van der Waals surface area contributed by atoms with Crippen molar-refractivity contribution in [3.63, 3.8) is 0 Å². The molecule has 3 aromatic rings. The van der Waals surface area contributed by atoms with Gasteiger partial charge in [-0.2, -0.15) is 0 Å². The molecule has 2 N–H and O–H groups in total. The zero-order valence-electron chi connectivity index (χ0n) is 18.6. The number of ether oxygens (including phenoxy) is 1. The maximum atomic E-state index is 13.0. The highest BCUT2D eigenvalue weighted by atomic mass is 32.2. The smallest absolute Gasteiger partial charge is 0.266 e. The van der Waals surface area contributed by atoms with E-state index in [1.165, 1.54) is 24.5 Å². The van der Waals surface area contributed by atoms with E-state index in [-0.39, 0.29) is 17.0 Å². The first-order valence-electron chi connectivity index (χ1n) is 9.55. The standard InChI is InChI=1S/C21H26N4O4S2/c1-11-16-12(2)22-20(21(3,4)5)24-19(16)30-17(11)18(26)23-13-8-9-15(29-6)14(10-13)25-31(7,27)28/h8-10,25H,1-7H3,(H,23,26). The number of hydrogen-bond donors (Lipinski definition) is 2. The Bertz CT molecular complexity index is 1270. The number of carbonyl (C=O) groups is 1. The maximum absolute atomic E-state index is 13.0. The van der Waals surface area contributed by atoms with Crippen LogP contribution in [0.15, 0.2) is 18.2 Å². The second-order valence-electron chi connectivity index (χ2n) is 8.36. The fourth-order valence-electron chi connectivity index (χ4n) is 3.14. The van der Waals surface area contributed by atoms with Crippen LogP contribution in [-0.4, -0.2) is 37.7 Å². The predicted molar refractivity (Wildman–Crippen MR) is 125 cm³/mol. The first-order chi connectivity index (χ1) is 14.3. The molecule has 2 heterocycles. The Kier molecular flexibility index (Phi) is 5.98. The molecule has 0 spiro atoms. The molecule has 0 unspecified atom stereocenters. The van der Waals surface area contributed by atoms with Gasteiger partial charge in [0.25, 0.3) is 5.91 Å². The summed E-state index contributed by atoms with van der Waals surface area (Å²) in [5.74, 6) is 0.784. The molecule has 1 aromatic carbocycles. The fourth-order valence-corrected chi connectivity index (χ4v) is 4.83. The Morgan fingerprint density at radius 1 is 1.16 bits per heavy atom. The summed E-state index contributed by atoms with van der Waals surface area (Å²) >= 11 is 1.32. The maximum Gasteiger partial charge on any atom is 0.266 e. The third kappa shape index (κ3) is 4.96. The molecule has 0 fully saturated rings. The summed E-state index contributed by atoms with van der Waals surface area (Å²) in [6, 6.07) is 4.75. The molecular weight excluding hydrogens is 436 g/mol. The van der Waals surface area contributed by atoms with E-state index in [4.69, 9.17) is 4.74 Å². The molecule has 0 bridgehead atoms. The van der Waals surface area contributed by atoms with Crippen molar-refractivity contribution in [3.05, 3.63) is 40.2 Å². The Morgan fingerprint density at radius 2 is 1.84 bits per heavy atom. The van der Waals surface area contributed by atoms with Crippen LogP contribution in [0.3, 0.4) is 0 Å². The van der Waals surface area contributed by atoms with E-state index in [0.717, 1.165) is 33.6 Å². The Morgan fingerprint density at radius 3 is 2.42 bits per heavy atom. The lowest BCUT2D eigenvalue weighted by Gasteiger charge is -2.16. The molecule has 0 radical (unpaired) electrons. The number of aryl methyl sites for hydroxylation is 2. The Balaban J connectivity index is 1.98. The summed E-state index contributed by atoms with van der Waals surface area (Å²) in [7, 11) is -2.07. The summed E-state index contributed by atoms with van der Waals surface area (Å²) < 4.78 is 30.9. The van der Waals surface area contributed by atoms with Crippen LogP contribution in [0.2, 0.25) is 0 Å². The van der Waals surface area contributed by atoms with Crippen LogP contribution in [0.4, 0.5) is 11.4 Å². The molecule has 0 saturated carbocycles. The zero-order chi connectivity index (χ0) is 23.1. The van der Waals surface area contributed by atoms with Crippen molar-refractivity contribution in [2.75, 3.05) is 23.4 Å². The van der Waals surface area contributed by atoms with Crippen molar-refractivity contribution < 1.29 is 17.9 Å². The van der Waals surface area contributed by atoms with Gasteiger partial charge in [0.1, 0.15) is 16.4 Å². The first kappa shape index (κ1) is 23.0. The molecule has 166 valence electrons. The van der Waals surface area contributed by atoms with Crippen LogP contribution < -0.4 is 14.8 Å². The minimum Gasteiger partial charge on any atom is -0.495 e. The number of benzene rings is 1. The lowest BCUT2D eigenvalue weighted by Crippen LogP contribution is -2.16. The van der Waals surface area contributed by atoms with Gasteiger partial charge >= 0.3 is 0 Å². The van der Waals surface area contributed by atoms with Crippen molar-refractivity contribution in [3.8, 4) is 5.75 Å². The highest BCUT2D eigenvalue weighted by Crippen LogP contribution is 2.34. The van der Waals surface area contributed by atoms with Gasteiger partial charge in [0.05, 0.1) is 29.6 Å². The van der Waals surface area contributed by atoms with Gasteiger partial charge in [-0.25, -0.2) is 18.4 Å². The highest BCUT2D eigenvalue weighted by molar-refractivity contribution is 7.92. The minimum atomic E-state index is -3.51. The summed E-state index contributed by atoms with van der Waals surface area (Å²) in [5.41, 5.74) is 2.13. The topological polar surface area (TPSA) is 110 Å². The lowest BCUT2D eigenvalue weighted by atomic mass is 9.95. The first-order valence-corrected chi connectivity index (χ1v) is 12.3. The van der Waals surface area contributed by atoms with Crippen LogP contribution in [0.5, 0.6) is 5.75 Å². The molecule has 0 aliphatic carbocycles.